The van der Waals surface area contributed by atoms with Crippen LogP contribution >= 0.6 is 0 Å². The molecule has 9 heteroatoms. The number of benzene rings is 1. The van der Waals surface area contributed by atoms with Crippen molar-refractivity contribution in [3.63, 3.8) is 0 Å². The van der Waals surface area contributed by atoms with E-state index in [2.05, 4.69) is 10.6 Å². The molecule has 2 N–H and O–H groups in total. The van der Waals surface area contributed by atoms with Gasteiger partial charge in [-0.15, -0.1) is 0 Å². The van der Waals surface area contributed by atoms with Crippen LogP contribution in [0.2, 0.25) is 0 Å². The predicted molar refractivity (Wildman–Crippen MR) is 92.0 cm³/mol. The van der Waals surface area contributed by atoms with E-state index in [9.17, 15) is 14.4 Å². The summed E-state index contributed by atoms with van der Waals surface area (Å²) >= 11 is 0. The zero-order valence-electron chi connectivity index (χ0n) is 14.3. The average Bonchev–Trinajstić information content (AvgIpc) is 3.37. The number of nitrogens with zero attached hydrogens (tertiary/aromatic N) is 1. The molecule has 1 aromatic carbocycles. The Labute approximate surface area is 154 Å². The highest BCUT2D eigenvalue weighted by molar-refractivity contribution is 6.04. The summed E-state index contributed by atoms with van der Waals surface area (Å²) in [6.45, 7) is 0.224. The zero-order chi connectivity index (χ0) is 18.8. The first-order valence-corrected chi connectivity index (χ1v) is 8.44. The minimum Gasteiger partial charge on any atom is -0.467 e. The smallest absolute Gasteiger partial charge is 0.325 e. The van der Waals surface area contributed by atoms with Gasteiger partial charge in [-0.05, 0) is 30.7 Å². The van der Waals surface area contributed by atoms with Gasteiger partial charge in [-0.25, -0.2) is 4.79 Å². The summed E-state index contributed by atoms with van der Waals surface area (Å²) in [5, 5.41) is 5.34. The number of carbonyl (C=O) groups is 3. The molecule has 1 unspecified atom stereocenters. The Balaban J connectivity index is 1.30. The number of hydrogen-bond donors (Lipinski definition) is 2. The Hall–Kier alpha value is -3.49. The van der Waals surface area contributed by atoms with E-state index < -0.39 is 12.1 Å². The molecule has 0 radical (unpaired) electrons. The molecular weight excluding hydrogens is 354 g/mol. The lowest BCUT2D eigenvalue weighted by molar-refractivity contribution is -0.128. The highest BCUT2D eigenvalue weighted by Crippen LogP contribution is 2.34. The van der Waals surface area contributed by atoms with Crippen molar-refractivity contribution in [2.45, 2.75) is 25.4 Å². The first-order valence-electron chi connectivity index (χ1n) is 8.44. The average molecular weight is 371 g/mol. The number of furan rings is 1. The fraction of sp³-hybridized carbons (Fsp3) is 0.278. The van der Waals surface area contributed by atoms with Crippen LogP contribution in [0.5, 0.6) is 11.5 Å². The van der Waals surface area contributed by atoms with Crippen molar-refractivity contribution < 1.29 is 28.3 Å². The van der Waals surface area contributed by atoms with Crippen LogP contribution in [0.4, 0.5) is 10.5 Å². The second-order valence-electron chi connectivity index (χ2n) is 6.16. The number of amides is 4. The number of hydrogen-bond acceptors (Lipinski definition) is 6. The molecule has 140 valence electrons. The van der Waals surface area contributed by atoms with Crippen LogP contribution in [-0.4, -0.2) is 35.6 Å². The summed E-state index contributed by atoms with van der Waals surface area (Å²) < 4.78 is 15.6. The van der Waals surface area contributed by atoms with Crippen LogP contribution in [0.15, 0.2) is 41.0 Å². The van der Waals surface area contributed by atoms with Crippen LogP contribution in [0.3, 0.4) is 0 Å². The van der Waals surface area contributed by atoms with Gasteiger partial charge in [-0.3, -0.25) is 14.5 Å². The topological polar surface area (TPSA) is 110 Å². The Morgan fingerprint density at radius 1 is 1.22 bits per heavy atom. The van der Waals surface area contributed by atoms with E-state index in [1.54, 1.807) is 30.3 Å². The molecule has 0 saturated carbocycles. The van der Waals surface area contributed by atoms with E-state index >= 15 is 0 Å². The van der Waals surface area contributed by atoms with Gasteiger partial charge in [0.1, 0.15) is 11.8 Å². The number of fused-ring (bicyclic) bond motifs is 1. The van der Waals surface area contributed by atoms with Gasteiger partial charge in [-0.2, -0.15) is 0 Å². The Morgan fingerprint density at radius 2 is 2.07 bits per heavy atom. The van der Waals surface area contributed by atoms with E-state index in [-0.39, 0.29) is 38.0 Å². The summed E-state index contributed by atoms with van der Waals surface area (Å²) in [5.74, 6) is 1.08. The molecule has 1 aromatic heterocycles. The van der Waals surface area contributed by atoms with Crippen molar-refractivity contribution >= 4 is 23.5 Å². The highest BCUT2D eigenvalue weighted by atomic mass is 16.7. The van der Waals surface area contributed by atoms with Crippen molar-refractivity contribution in [2.24, 2.45) is 0 Å². The summed E-state index contributed by atoms with van der Waals surface area (Å²) in [5.41, 5.74) is 0.575. The Morgan fingerprint density at radius 3 is 2.89 bits per heavy atom. The maximum Gasteiger partial charge on any atom is 0.325 e. The van der Waals surface area contributed by atoms with Crippen molar-refractivity contribution in [3.8, 4) is 11.5 Å². The van der Waals surface area contributed by atoms with Gasteiger partial charge >= 0.3 is 6.03 Å². The molecule has 27 heavy (non-hydrogen) atoms. The van der Waals surface area contributed by atoms with Gasteiger partial charge in [0, 0.05) is 18.2 Å². The molecule has 2 aliphatic heterocycles. The Bertz CT molecular complexity index is 879. The third-order valence-corrected chi connectivity index (χ3v) is 4.32. The third kappa shape index (κ3) is 3.57. The lowest BCUT2D eigenvalue weighted by Gasteiger charge is -2.11. The van der Waals surface area contributed by atoms with Crippen LogP contribution < -0.4 is 20.1 Å². The quantitative estimate of drug-likeness (QED) is 0.750. The fourth-order valence-electron chi connectivity index (χ4n) is 2.95. The first-order chi connectivity index (χ1) is 13.1. The minimum absolute atomic E-state index is 0.0670. The second kappa shape index (κ2) is 7.02. The molecule has 2 aromatic rings. The maximum atomic E-state index is 12.4. The predicted octanol–water partition coefficient (Wildman–Crippen LogP) is 1.85. The summed E-state index contributed by atoms with van der Waals surface area (Å²) in [6.07, 6.45) is 1.76. The summed E-state index contributed by atoms with van der Waals surface area (Å²) in [4.78, 5) is 37.6. The standard InChI is InChI=1S/C18H17N3O6/c22-16(19-11-3-5-14-15(8-11)27-10-26-14)6-4-13-17(23)21(18(24)20-13)9-12-2-1-7-25-12/h1-3,5,7-8,13H,4,6,9-10H2,(H,19,22)(H,20,24). The van der Waals surface area contributed by atoms with E-state index in [4.69, 9.17) is 13.9 Å². The molecule has 2 aliphatic rings. The monoisotopic (exact) mass is 371 g/mol. The fourth-order valence-corrected chi connectivity index (χ4v) is 2.95. The number of rotatable bonds is 6. The lowest BCUT2D eigenvalue weighted by Crippen LogP contribution is -2.31. The zero-order valence-corrected chi connectivity index (χ0v) is 14.3. The van der Waals surface area contributed by atoms with Crippen molar-refractivity contribution in [1.29, 1.82) is 0 Å². The summed E-state index contributed by atoms with van der Waals surface area (Å²) in [7, 11) is 0. The summed E-state index contributed by atoms with van der Waals surface area (Å²) in [6, 6.07) is 7.25. The number of imide groups is 1. The molecule has 0 bridgehead atoms. The van der Waals surface area contributed by atoms with Gasteiger partial charge in [0.25, 0.3) is 5.91 Å². The number of carbonyl (C=O) groups excluding carboxylic acids is 3. The van der Waals surface area contributed by atoms with Gasteiger partial charge in [0.05, 0.1) is 12.8 Å². The van der Waals surface area contributed by atoms with Crippen LogP contribution in [-0.2, 0) is 16.1 Å². The van der Waals surface area contributed by atoms with Crippen molar-refractivity contribution in [2.75, 3.05) is 12.1 Å². The van der Waals surface area contributed by atoms with E-state index in [1.165, 1.54) is 6.26 Å². The highest BCUT2D eigenvalue weighted by Gasteiger charge is 2.38. The number of urea groups is 1. The Kier molecular flexibility index (Phi) is 4.41. The molecular formula is C18H17N3O6. The van der Waals surface area contributed by atoms with Crippen LogP contribution in [0, 0.1) is 0 Å². The van der Waals surface area contributed by atoms with Gasteiger partial charge in [-0.1, -0.05) is 0 Å². The second-order valence-corrected chi connectivity index (χ2v) is 6.16. The SMILES string of the molecule is O=C(CCC1NC(=O)N(Cc2ccco2)C1=O)Nc1ccc2c(c1)OCO2. The van der Waals surface area contributed by atoms with Gasteiger partial charge < -0.3 is 24.5 Å². The van der Waals surface area contributed by atoms with Crippen molar-refractivity contribution in [3.05, 3.63) is 42.4 Å². The van der Waals surface area contributed by atoms with E-state index in [0.717, 1.165) is 4.90 Å². The van der Waals surface area contributed by atoms with E-state index in [1.807, 2.05) is 0 Å². The maximum absolute atomic E-state index is 12.4. The number of ether oxygens (including phenoxy) is 2. The molecule has 3 heterocycles. The molecule has 4 rings (SSSR count). The van der Waals surface area contributed by atoms with Gasteiger partial charge in [0.2, 0.25) is 12.7 Å². The molecule has 0 spiro atoms. The first kappa shape index (κ1) is 17.0. The molecule has 1 saturated heterocycles. The third-order valence-electron chi connectivity index (χ3n) is 4.32. The molecule has 1 fully saturated rings. The van der Waals surface area contributed by atoms with Crippen LogP contribution in [0.25, 0.3) is 0 Å². The largest absolute Gasteiger partial charge is 0.467 e. The van der Waals surface area contributed by atoms with E-state index in [0.29, 0.717) is 22.9 Å². The van der Waals surface area contributed by atoms with Gasteiger partial charge in [0.15, 0.2) is 11.5 Å². The molecule has 9 nitrogen and oxygen atoms in total. The van der Waals surface area contributed by atoms with Crippen molar-refractivity contribution in [1.82, 2.24) is 10.2 Å². The number of nitrogens with one attached hydrogen (secondary N) is 2. The normalized spacial score (nSPS) is 17.9. The van der Waals surface area contributed by atoms with Crippen LogP contribution in [0.1, 0.15) is 18.6 Å². The molecule has 4 amide bonds. The molecule has 1 atom stereocenters. The minimum atomic E-state index is -0.727. The molecule has 0 aliphatic carbocycles. The number of anilines is 1. The lowest BCUT2D eigenvalue weighted by atomic mass is 10.1.